The molecule has 0 bridgehead atoms. The van der Waals surface area contributed by atoms with Crippen LogP contribution in [-0.4, -0.2) is 24.1 Å². The Bertz CT molecular complexity index is 424. The lowest BCUT2D eigenvalue weighted by atomic mass is 10.0. The number of nitrogen functional groups attached to an aromatic ring is 1. The van der Waals surface area contributed by atoms with Gasteiger partial charge in [-0.2, -0.15) is 0 Å². The van der Waals surface area contributed by atoms with Gasteiger partial charge in [0.05, 0.1) is 23.5 Å². The fourth-order valence-corrected chi connectivity index (χ4v) is 2.03. The Morgan fingerprint density at radius 2 is 2.28 bits per heavy atom. The summed E-state index contributed by atoms with van der Waals surface area (Å²) in [6.07, 6.45) is 2.21. The number of nitrogens with two attached hydrogens (primary N) is 1. The quantitative estimate of drug-likeness (QED) is 0.816. The van der Waals surface area contributed by atoms with Crippen LogP contribution in [0.4, 0.5) is 11.5 Å². The third-order valence-corrected chi connectivity index (χ3v) is 2.97. The van der Waals surface area contributed by atoms with E-state index in [4.69, 9.17) is 10.5 Å². The van der Waals surface area contributed by atoms with Crippen LogP contribution in [-0.2, 0) is 9.53 Å². The molecule has 0 saturated heterocycles. The summed E-state index contributed by atoms with van der Waals surface area (Å²) in [7, 11) is 1.38. The molecule has 0 aromatic carbocycles. The van der Waals surface area contributed by atoms with Gasteiger partial charge in [0.2, 0.25) is 0 Å². The summed E-state index contributed by atoms with van der Waals surface area (Å²) in [5.41, 5.74) is 6.17. The van der Waals surface area contributed by atoms with Gasteiger partial charge in [-0.05, 0) is 34.3 Å². The third-order valence-electron chi connectivity index (χ3n) is 2.37. The van der Waals surface area contributed by atoms with Crippen LogP contribution < -0.4 is 11.1 Å². The first-order chi connectivity index (χ1) is 8.43. The monoisotopic (exact) mass is 315 g/mol. The van der Waals surface area contributed by atoms with Crippen LogP contribution in [0.25, 0.3) is 0 Å². The lowest BCUT2D eigenvalue weighted by molar-refractivity contribution is -0.141. The highest BCUT2D eigenvalue weighted by Gasteiger charge is 2.21. The zero-order valence-electron chi connectivity index (χ0n) is 10.7. The summed E-state index contributed by atoms with van der Waals surface area (Å²) in [5.74, 6) is 0.656. The van der Waals surface area contributed by atoms with Crippen LogP contribution in [0.15, 0.2) is 16.7 Å². The standard InChI is InChI=1S/C12H18BrN3O2/c1-7(2)4-10(12(17)18-3)16-11-9(13)5-8(14)6-15-11/h5-7,10H,4,14H2,1-3H3,(H,15,16). The van der Waals surface area contributed by atoms with E-state index in [1.54, 1.807) is 6.07 Å². The molecule has 1 unspecified atom stereocenters. The van der Waals surface area contributed by atoms with Gasteiger partial charge in [-0.15, -0.1) is 0 Å². The number of esters is 1. The molecule has 1 aromatic heterocycles. The molecule has 0 aliphatic heterocycles. The summed E-state index contributed by atoms with van der Waals surface area (Å²) in [5, 5.41) is 3.07. The molecule has 1 rings (SSSR count). The van der Waals surface area contributed by atoms with Gasteiger partial charge in [0.15, 0.2) is 0 Å². The van der Waals surface area contributed by atoms with E-state index < -0.39 is 6.04 Å². The van der Waals surface area contributed by atoms with Crippen molar-refractivity contribution in [1.29, 1.82) is 0 Å². The Balaban J connectivity index is 2.85. The minimum atomic E-state index is -0.414. The average molecular weight is 316 g/mol. The predicted octanol–water partition coefficient (Wildman–Crippen LogP) is 2.43. The molecule has 1 aromatic rings. The molecule has 0 spiro atoms. The molecule has 0 amide bonds. The van der Waals surface area contributed by atoms with Crippen molar-refractivity contribution >= 4 is 33.4 Å². The van der Waals surface area contributed by atoms with E-state index in [-0.39, 0.29) is 5.97 Å². The first-order valence-electron chi connectivity index (χ1n) is 5.69. The highest BCUT2D eigenvalue weighted by molar-refractivity contribution is 9.10. The van der Waals surface area contributed by atoms with Crippen molar-refractivity contribution in [1.82, 2.24) is 4.98 Å². The molecular formula is C12H18BrN3O2. The Hall–Kier alpha value is -1.30. The summed E-state index contributed by atoms with van der Waals surface area (Å²) < 4.78 is 5.50. The largest absolute Gasteiger partial charge is 0.467 e. The molecule has 0 aliphatic carbocycles. The number of hydrogen-bond donors (Lipinski definition) is 2. The highest BCUT2D eigenvalue weighted by atomic mass is 79.9. The zero-order chi connectivity index (χ0) is 13.7. The maximum Gasteiger partial charge on any atom is 0.328 e. The molecule has 100 valence electrons. The van der Waals surface area contributed by atoms with Crippen LogP contribution in [0.1, 0.15) is 20.3 Å². The lowest BCUT2D eigenvalue weighted by Crippen LogP contribution is -2.32. The second-order valence-electron chi connectivity index (χ2n) is 4.45. The summed E-state index contributed by atoms with van der Waals surface area (Å²) in [6.45, 7) is 4.09. The molecule has 6 heteroatoms. The van der Waals surface area contributed by atoms with E-state index in [1.165, 1.54) is 13.3 Å². The molecular weight excluding hydrogens is 298 g/mol. The van der Waals surface area contributed by atoms with E-state index >= 15 is 0 Å². The number of rotatable bonds is 5. The van der Waals surface area contributed by atoms with E-state index in [0.717, 1.165) is 4.47 Å². The van der Waals surface area contributed by atoms with E-state index in [0.29, 0.717) is 23.8 Å². The molecule has 0 fully saturated rings. The maximum atomic E-state index is 11.7. The number of hydrogen-bond acceptors (Lipinski definition) is 5. The second kappa shape index (κ2) is 6.58. The zero-order valence-corrected chi connectivity index (χ0v) is 12.3. The molecule has 5 nitrogen and oxygen atoms in total. The minimum absolute atomic E-state index is 0.297. The van der Waals surface area contributed by atoms with Crippen LogP contribution >= 0.6 is 15.9 Å². The summed E-state index contributed by atoms with van der Waals surface area (Å²) in [6, 6.07) is 1.32. The highest BCUT2D eigenvalue weighted by Crippen LogP contribution is 2.23. The third kappa shape index (κ3) is 4.18. The van der Waals surface area contributed by atoms with Gasteiger partial charge in [0.1, 0.15) is 11.9 Å². The smallest absolute Gasteiger partial charge is 0.328 e. The van der Waals surface area contributed by atoms with E-state index in [1.807, 2.05) is 13.8 Å². The normalized spacial score (nSPS) is 12.3. The number of halogens is 1. The number of carbonyl (C=O) groups is 1. The first-order valence-corrected chi connectivity index (χ1v) is 6.48. The van der Waals surface area contributed by atoms with Crippen LogP contribution in [0.2, 0.25) is 0 Å². The van der Waals surface area contributed by atoms with Crippen molar-refractivity contribution in [2.75, 3.05) is 18.2 Å². The Morgan fingerprint density at radius 3 is 2.78 bits per heavy atom. The number of nitrogens with one attached hydrogen (secondary N) is 1. The van der Waals surface area contributed by atoms with Gasteiger partial charge in [0.25, 0.3) is 0 Å². The van der Waals surface area contributed by atoms with Gasteiger partial charge in [-0.3, -0.25) is 0 Å². The Kier molecular flexibility index (Phi) is 5.40. The van der Waals surface area contributed by atoms with Gasteiger partial charge in [-0.25, -0.2) is 9.78 Å². The molecule has 0 aliphatic rings. The SMILES string of the molecule is COC(=O)C(CC(C)C)Nc1ncc(N)cc1Br. The number of carbonyl (C=O) groups excluding carboxylic acids is 1. The fourth-order valence-electron chi connectivity index (χ4n) is 1.55. The number of nitrogens with zero attached hydrogens (tertiary/aromatic N) is 1. The maximum absolute atomic E-state index is 11.7. The predicted molar refractivity (Wildman–Crippen MR) is 75.2 cm³/mol. The van der Waals surface area contributed by atoms with Crippen molar-refractivity contribution in [2.45, 2.75) is 26.3 Å². The van der Waals surface area contributed by atoms with Crippen molar-refractivity contribution in [3.63, 3.8) is 0 Å². The molecule has 3 N–H and O–H groups in total. The van der Waals surface area contributed by atoms with Crippen LogP contribution in [0.3, 0.4) is 0 Å². The lowest BCUT2D eigenvalue weighted by Gasteiger charge is -2.19. The van der Waals surface area contributed by atoms with Gasteiger partial charge in [-0.1, -0.05) is 13.8 Å². The van der Waals surface area contributed by atoms with Crippen molar-refractivity contribution in [3.8, 4) is 0 Å². The Morgan fingerprint density at radius 1 is 1.61 bits per heavy atom. The second-order valence-corrected chi connectivity index (χ2v) is 5.30. The van der Waals surface area contributed by atoms with E-state index in [2.05, 4.69) is 26.2 Å². The number of anilines is 2. The summed E-state index contributed by atoms with van der Waals surface area (Å²) >= 11 is 3.36. The van der Waals surface area contributed by atoms with Gasteiger partial charge in [0, 0.05) is 0 Å². The van der Waals surface area contributed by atoms with E-state index in [9.17, 15) is 4.79 Å². The van der Waals surface area contributed by atoms with Crippen LogP contribution in [0, 0.1) is 5.92 Å². The number of pyridine rings is 1. The van der Waals surface area contributed by atoms with Crippen molar-refractivity contribution in [2.24, 2.45) is 5.92 Å². The number of methoxy groups -OCH3 is 1. The number of ether oxygens (including phenoxy) is 1. The molecule has 1 atom stereocenters. The van der Waals surface area contributed by atoms with Gasteiger partial charge < -0.3 is 15.8 Å². The average Bonchev–Trinajstić information content (AvgIpc) is 2.30. The molecule has 0 radical (unpaired) electrons. The first kappa shape index (κ1) is 14.8. The molecule has 0 saturated carbocycles. The molecule has 1 heterocycles. The fraction of sp³-hybridized carbons (Fsp3) is 0.500. The Labute approximate surface area is 115 Å². The van der Waals surface area contributed by atoms with Gasteiger partial charge >= 0.3 is 5.97 Å². The molecule has 18 heavy (non-hydrogen) atoms. The topological polar surface area (TPSA) is 77.2 Å². The van der Waals surface area contributed by atoms with Crippen LogP contribution in [0.5, 0.6) is 0 Å². The van der Waals surface area contributed by atoms with Crippen molar-refractivity contribution in [3.05, 3.63) is 16.7 Å². The summed E-state index contributed by atoms with van der Waals surface area (Å²) in [4.78, 5) is 15.8. The van der Waals surface area contributed by atoms with Crippen molar-refractivity contribution < 1.29 is 9.53 Å². The minimum Gasteiger partial charge on any atom is -0.467 e. The number of aromatic nitrogens is 1.